The third-order valence-electron chi connectivity index (χ3n) is 3.41. The highest BCUT2D eigenvalue weighted by molar-refractivity contribution is 5.48. The lowest BCUT2D eigenvalue weighted by Crippen LogP contribution is -2.18. The van der Waals surface area contributed by atoms with Gasteiger partial charge in [0.15, 0.2) is 0 Å². The molecule has 0 saturated carbocycles. The zero-order valence-corrected chi connectivity index (χ0v) is 12.9. The Balaban J connectivity index is 2.15. The fourth-order valence-corrected chi connectivity index (χ4v) is 2.20. The Kier molecular flexibility index (Phi) is 5.17. The molecule has 1 fully saturated rings. The van der Waals surface area contributed by atoms with Gasteiger partial charge in [0, 0.05) is 19.1 Å². The van der Waals surface area contributed by atoms with Crippen LogP contribution in [0, 0.1) is 6.92 Å². The van der Waals surface area contributed by atoms with Crippen molar-refractivity contribution in [2.24, 2.45) is 0 Å². The van der Waals surface area contributed by atoms with Gasteiger partial charge in [0.2, 0.25) is 5.88 Å². The molecule has 5 nitrogen and oxygen atoms in total. The Bertz CT molecular complexity index is 443. The van der Waals surface area contributed by atoms with E-state index in [-0.39, 0.29) is 12.0 Å². The molecule has 1 aromatic heterocycles. The summed E-state index contributed by atoms with van der Waals surface area (Å²) in [6.07, 6.45) is 2.40. The summed E-state index contributed by atoms with van der Waals surface area (Å²) in [6.45, 7) is 10.5. The van der Waals surface area contributed by atoms with Gasteiger partial charge in [-0.1, -0.05) is 13.8 Å². The molecule has 0 amide bonds. The van der Waals surface area contributed by atoms with Crippen molar-refractivity contribution in [2.45, 2.75) is 52.6 Å². The molecule has 20 heavy (non-hydrogen) atoms. The van der Waals surface area contributed by atoms with Gasteiger partial charge in [0.25, 0.3) is 0 Å². The first kappa shape index (κ1) is 15.0. The van der Waals surface area contributed by atoms with E-state index < -0.39 is 0 Å². The quantitative estimate of drug-likeness (QED) is 0.867. The Morgan fingerprint density at radius 3 is 2.80 bits per heavy atom. The second-order valence-electron chi connectivity index (χ2n) is 5.49. The smallest absolute Gasteiger partial charge is 0.221 e. The third kappa shape index (κ3) is 3.60. The number of rotatable bonds is 6. The van der Waals surface area contributed by atoms with Gasteiger partial charge in [-0.15, -0.1) is 0 Å². The first-order valence-electron chi connectivity index (χ1n) is 7.48. The highest BCUT2D eigenvalue weighted by Gasteiger charge is 2.19. The lowest BCUT2D eigenvalue weighted by Gasteiger charge is -2.16. The van der Waals surface area contributed by atoms with Crippen molar-refractivity contribution in [3.8, 4) is 5.88 Å². The van der Waals surface area contributed by atoms with Gasteiger partial charge in [-0.3, -0.25) is 0 Å². The Morgan fingerprint density at radius 1 is 1.40 bits per heavy atom. The fraction of sp³-hybridized carbons (Fsp3) is 0.733. The zero-order chi connectivity index (χ0) is 14.5. The zero-order valence-electron chi connectivity index (χ0n) is 12.9. The van der Waals surface area contributed by atoms with Gasteiger partial charge in [0.05, 0.1) is 11.7 Å². The highest BCUT2D eigenvalue weighted by atomic mass is 16.5. The minimum atomic E-state index is 0.203. The lowest BCUT2D eigenvalue weighted by atomic mass is 10.2. The van der Waals surface area contributed by atoms with Gasteiger partial charge in [-0.05, 0) is 26.7 Å². The molecule has 1 unspecified atom stereocenters. The van der Waals surface area contributed by atoms with E-state index in [0.29, 0.717) is 12.5 Å². The Labute approximate surface area is 121 Å². The first-order valence-corrected chi connectivity index (χ1v) is 7.48. The maximum atomic E-state index is 5.88. The minimum absolute atomic E-state index is 0.203. The second-order valence-corrected chi connectivity index (χ2v) is 5.49. The number of ether oxygens (including phenoxy) is 2. The monoisotopic (exact) mass is 279 g/mol. The van der Waals surface area contributed by atoms with Crippen molar-refractivity contribution in [3.05, 3.63) is 11.4 Å². The second kappa shape index (κ2) is 6.88. The summed E-state index contributed by atoms with van der Waals surface area (Å²) in [4.78, 5) is 9.12. The van der Waals surface area contributed by atoms with E-state index in [1.54, 1.807) is 0 Å². The number of aromatic nitrogens is 2. The molecule has 5 heteroatoms. The molecule has 1 saturated heterocycles. The van der Waals surface area contributed by atoms with Crippen LogP contribution < -0.4 is 10.1 Å². The molecular formula is C15H25N3O2. The van der Waals surface area contributed by atoms with Crippen molar-refractivity contribution < 1.29 is 9.47 Å². The van der Waals surface area contributed by atoms with E-state index in [2.05, 4.69) is 36.1 Å². The summed E-state index contributed by atoms with van der Waals surface area (Å²) in [6, 6.07) is 0. The number of nitrogens with zero attached hydrogens (tertiary/aromatic N) is 2. The van der Waals surface area contributed by atoms with Crippen LogP contribution in [0.1, 0.15) is 50.9 Å². The van der Waals surface area contributed by atoms with Crippen LogP contribution >= 0.6 is 0 Å². The molecule has 0 aromatic carbocycles. The SMILES string of the molecule is CCNc1nc(C(C)C)nc(OCC2CCCO2)c1C. The van der Waals surface area contributed by atoms with Crippen LogP contribution in [0.15, 0.2) is 0 Å². The molecule has 0 aliphatic carbocycles. The Morgan fingerprint density at radius 2 is 2.20 bits per heavy atom. The third-order valence-corrected chi connectivity index (χ3v) is 3.41. The average molecular weight is 279 g/mol. The molecule has 2 heterocycles. The van der Waals surface area contributed by atoms with E-state index >= 15 is 0 Å². The van der Waals surface area contributed by atoms with Gasteiger partial charge >= 0.3 is 0 Å². The first-order chi connectivity index (χ1) is 9.61. The van der Waals surface area contributed by atoms with Crippen LogP contribution in [0.5, 0.6) is 5.88 Å². The molecule has 1 aliphatic rings. The fourth-order valence-electron chi connectivity index (χ4n) is 2.20. The molecule has 0 bridgehead atoms. The maximum absolute atomic E-state index is 5.88. The van der Waals surface area contributed by atoms with Crippen molar-refractivity contribution in [3.63, 3.8) is 0 Å². The van der Waals surface area contributed by atoms with E-state index in [0.717, 1.165) is 43.2 Å². The number of hydrogen-bond acceptors (Lipinski definition) is 5. The average Bonchev–Trinajstić information content (AvgIpc) is 2.92. The van der Waals surface area contributed by atoms with E-state index in [1.165, 1.54) is 0 Å². The van der Waals surface area contributed by atoms with E-state index in [1.807, 2.05) is 6.92 Å². The molecule has 1 atom stereocenters. The van der Waals surface area contributed by atoms with Crippen LogP contribution in [0.2, 0.25) is 0 Å². The predicted molar refractivity (Wildman–Crippen MR) is 79.5 cm³/mol. The minimum Gasteiger partial charge on any atom is -0.475 e. The van der Waals surface area contributed by atoms with Crippen LogP contribution in [-0.2, 0) is 4.74 Å². The van der Waals surface area contributed by atoms with Crippen molar-refractivity contribution in [1.29, 1.82) is 0 Å². The van der Waals surface area contributed by atoms with Gasteiger partial charge in [-0.2, -0.15) is 4.98 Å². The lowest BCUT2D eigenvalue weighted by molar-refractivity contribution is 0.0659. The van der Waals surface area contributed by atoms with Gasteiger partial charge < -0.3 is 14.8 Å². The van der Waals surface area contributed by atoms with Gasteiger partial charge in [-0.25, -0.2) is 4.98 Å². The van der Waals surface area contributed by atoms with Gasteiger partial charge in [0.1, 0.15) is 18.2 Å². The highest BCUT2D eigenvalue weighted by Crippen LogP contribution is 2.25. The van der Waals surface area contributed by atoms with Crippen LogP contribution in [0.3, 0.4) is 0 Å². The standard InChI is InChI=1S/C15H25N3O2/c1-5-16-14-11(4)15(18-13(17-14)10(2)3)20-9-12-7-6-8-19-12/h10,12H,5-9H2,1-4H3,(H,16,17,18). The largest absolute Gasteiger partial charge is 0.475 e. The summed E-state index contributed by atoms with van der Waals surface area (Å²) in [5.41, 5.74) is 0.967. The molecule has 0 spiro atoms. The molecular weight excluding hydrogens is 254 g/mol. The molecule has 1 aromatic rings. The van der Waals surface area contributed by atoms with E-state index in [9.17, 15) is 0 Å². The summed E-state index contributed by atoms with van der Waals surface area (Å²) < 4.78 is 11.5. The summed E-state index contributed by atoms with van der Waals surface area (Å²) in [5, 5.41) is 3.28. The summed E-state index contributed by atoms with van der Waals surface area (Å²) in [5.74, 6) is 2.63. The number of anilines is 1. The molecule has 2 rings (SSSR count). The topological polar surface area (TPSA) is 56.3 Å². The Hall–Kier alpha value is -1.36. The molecule has 1 N–H and O–H groups in total. The molecule has 0 radical (unpaired) electrons. The molecule has 1 aliphatic heterocycles. The number of nitrogens with one attached hydrogen (secondary N) is 1. The van der Waals surface area contributed by atoms with E-state index in [4.69, 9.17) is 9.47 Å². The van der Waals surface area contributed by atoms with Crippen molar-refractivity contribution in [2.75, 3.05) is 25.1 Å². The molecule has 112 valence electrons. The number of hydrogen-bond donors (Lipinski definition) is 1. The van der Waals surface area contributed by atoms with Crippen LogP contribution in [0.4, 0.5) is 5.82 Å². The van der Waals surface area contributed by atoms with Crippen molar-refractivity contribution in [1.82, 2.24) is 9.97 Å². The summed E-state index contributed by atoms with van der Waals surface area (Å²) >= 11 is 0. The normalized spacial score (nSPS) is 18.6. The van der Waals surface area contributed by atoms with Crippen LogP contribution in [0.25, 0.3) is 0 Å². The van der Waals surface area contributed by atoms with Crippen LogP contribution in [-0.4, -0.2) is 35.8 Å². The maximum Gasteiger partial charge on any atom is 0.221 e. The predicted octanol–water partition coefficient (Wildman–Crippen LogP) is 2.90. The summed E-state index contributed by atoms with van der Waals surface area (Å²) in [7, 11) is 0. The van der Waals surface area contributed by atoms with Crippen molar-refractivity contribution >= 4 is 5.82 Å².